The Labute approximate surface area is 96.5 Å². The van der Waals surface area contributed by atoms with Gasteiger partial charge in [-0.2, -0.15) is 5.26 Å². The van der Waals surface area contributed by atoms with E-state index in [4.69, 9.17) is 10.00 Å². The van der Waals surface area contributed by atoms with E-state index in [9.17, 15) is 0 Å². The summed E-state index contributed by atoms with van der Waals surface area (Å²) in [5.41, 5.74) is 1.50. The smallest absolute Gasteiger partial charge is 0.129 e. The number of aryl methyl sites for hydroxylation is 1. The first kappa shape index (κ1) is 12.5. The number of nitriles is 1. The molecule has 4 nitrogen and oxygen atoms in total. The Bertz CT molecular complexity index is 384. The number of ether oxygens (including phenoxy) is 1. The monoisotopic (exact) mass is 219 g/mol. The van der Waals surface area contributed by atoms with E-state index < -0.39 is 0 Å². The van der Waals surface area contributed by atoms with Crippen molar-refractivity contribution < 1.29 is 4.74 Å². The molecule has 0 amide bonds. The van der Waals surface area contributed by atoms with Crippen LogP contribution >= 0.6 is 0 Å². The van der Waals surface area contributed by atoms with Crippen LogP contribution < -0.4 is 4.90 Å². The number of pyridine rings is 1. The van der Waals surface area contributed by atoms with Crippen molar-refractivity contribution in [3.8, 4) is 6.07 Å². The lowest BCUT2D eigenvalue weighted by atomic mass is 10.2. The maximum absolute atomic E-state index is 8.86. The Morgan fingerprint density at radius 3 is 2.88 bits per heavy atom. The zero-order chi connectivity index (χ0) is 12.0. The maximum atomic E-state index is 8.86. The minimum absolute atomic E-state index is 0.644. The van der Waals surface area contributed by atoms with Crippen molar-refractivity contribution in [3.05, 3.63) is 23.4 Å². The fourth-order valence-corrected chi connectivity index (χ4v) is 1.37. The highest BCUT2D eigenvalue weighted by Crippen LogP contribution is 2.12. The molecule has 0 bridgehead atoms. The molecule has 0 fully saturated rings. The van der Waals surface area contributed by atoms with Gasteiger partial charge in [0, 0.05) is 25.9 Å². The van der Waals surface area contributed by atoms with Crippen molar-refractivity contribution in [2.75, 3.05) is 31.7 Å². The van der Waals surface area contributed by atoms with E-state index in [2.05, 4.69) is 11.1 Å². The average Bonchev–Trinajstić information content (AvgIpc) is 2.28. The minimum atomic E-state index is 0.644. The molecule has 0 unspecified atom stereocenters. The van der Waals surface area contributed by atoms with Gasteiger partial charge < -0.3 is 9.64 Å². The predicted octanol–water partition coefficient (Wildman–Crippen LogP) is 1.73. The van der Waals surface area contributed by atoms with Crippen LogP contribution in [0.5, 0.6) is 0 Å². The van der Waals surface area contributed by atoms with Gasteiger partial charge in [0.2, 0.25) is 0 Å². The van der Waals surface area contributed by atoms with E-state index in [1.54, 1.807) is 12.1 Å². The Morgan fingerprint density at radius 1 is 1.50 bits per heavy atom. The van der Waals surface area contributed by atoms with Gasteiger partial charge in [0.1, 0.15) is 5.82 Å². The van der Waals surface area contributed by atoms with Crippen LogP contribution in [0.1, 0.15) is 18.2 Å². The lowest BCUT2D eigenvalue weighted by Crippen LogP contribution is -2.23. The van der Waals surface area contributed by atoms with Gasteiger partial charge in [-0.1, -0.05) is 0 Å². The second-order valence-electron chi connectivity index (χ2n) is 3.59. The quantitative estimate of drug-likeness (QED) is 0.708. The Balaban J connectivity index is 2.71. The predicted molar refractivity (Wildman–Crippen MR) is 63.5 cm³/mol. The van der Waals surface area contributed by atoms with Crippen LogP contribution in [0, 0.1) is 18.3 Å². The highest BCUT2D eigenvalue weighted by molar-refractivity contribution is 5.45. The van der Waals surface area contributed by atoms with Crippen molar-refractivity contribution in [2.45, 2.75) is 13.8 Å². The van der Waals surface area contributed by atoms with Crippen LogP contribution in [-0.2, 0) is 4.74 Å². The fraction of sp³-hybridized carbons (Fsp3) is 0.500. The fourth-order valence-electron chi connectivity index (χ4n) is 1.37. The number of rotatable bonds is 5. The third-order valence-corrected chi connectivity index (χ3v) is 2.24. The third-order valence-electron chi connectivity index (χ3n) is 2.24. The number of anilines is 1. The van der Waals surface area contributed by atoms with Gasteiger partial charge in [-0.05, 0) is 26.0 Å². The van der Waals surface area contributed by atoms with Gasteiger partial charge in [0.25, 0.3) is 0 Å². The van der Waals surface area contributed by atoms with Crippen molar-refractivity contribution in [2.24, 2.45) is 0 Å². The molecule has 16 heavy (non-hydrogen) atoms. The van der Waals surface area contributed by atoms with Crippen LogP contribution in [0.3, 0.4) is 0 Å². The first-order valence-electron chi connectivity index (χ1n) is 5.35. The molecule has 0 aliphatic rings. The summed E-state index contributed by atoms with van der Waals surface area (Å²) >= 11 is 0. The third kappa shape index (κ3) is 3.52. The maximum Gasteiger partial charge on any atom is 0.129 e. The van der Waals surface area contributed by atoms with Crippen molar-refractivity contribution in [1.29, 1.82) is 5.26 Å². The van der Waals surface area contributed by atoms with Crippen LogP contribution in [0.2, 0.25) is 0 Å². The van der Waals surface area contributed by atoms with Crippen molar-refractivity contribution in [1.82, 2.24) is 4.98 Å². The van der Waals surface area contributed by atoms with Crippen LogP contribution in [-0.4, -0.2) is 31.8 Å². The van der Waals surface area contributed by atoms with Gasteiger partial charge in [-0.25, -0.2) is 4.98 Å². The van der Waals surface area contributed by atoms with Crippen LogP contribution in [0.15, 0.2) is 12.1 Å². The number of hydrogen-bond donors (Lipinski definition) is 0. The lowest BCUT2D eigenvalue weighted by Gasteiger charge is -2.18. The Morgan fingerprint density at radius 2 is 2.25 bits per heavy atom. The summed E-state index contributed by atoms with van der Waals surface area (Å²) in [5.74, 6) is 0.816. The molecular formula is C12H17N3O. The Hall–Kier alpha value is -1.60. The minimum Gasteiger partial charge on any atom is -0.380 e. The second kappa shape index (κ2) is 6.09. The molecule has 0 atom stereocenters. The summed E-state index contributed by atoms with van der Waals surface area (Å²) < 4.78 is 5.28. The van der Waals surface area contributed by atoms with Gasteiger partial charge in [0.15, 0.2) is 0 Å². The van der Waals surface area contributed by atoms with Gasteiger partial charge in [-0.15, -0.1) is 0 Å². The van der Waals surface area contributed by atoms with E-state index in [0.29, 0.717) is 12.2 Å². The Kier molecular flexibility index (Phi) is 4.74. The van der Waals surface area contributed by atoms with E-state index in [1.807, 2.05) is 25.8 Å². The molecule has 4 heteroatoms. The van der Waals surface area contributed by atoms with E-state index >= 15 is 0 Å². The number of aromatic nitrogens is 1. The van der Waals surface area contributed by atoms with E-state index in [-0.39, 0.29) is 0 Å². The topological polar surface area (TPSA) is 49.1 Å². The molecule has 0 aliphatic carbocycles. The van der Waals surface area contributed by atoms with Crippen LogP contribution in [0.25, 0.3) is 0 Å². The standard InChI is InChI=1S/C12H17N3O/c1-4-16-6-5-15(3)12-8-11(9-13)7-10(2)14-12/h7-8H,4-6H2,1-3H3. The van der Waals surface area contributed by atoms with Gasteiger partial charge in [-0.3, -0.25) is 0 Å². The molecular weight excluding hydrogens is 202 g/mol. The highest BCUT2D eigenvalue weighted by atomic mass is 16.5. The first-order valence-corrected chi connectivity index (χ1v) is 5.35. The van der Waals surface area contributed by atoms with Gasteiger partial charge >= 0.3 is 0 Å². The molecule has 1 aromatic rings. The molecule has 1 heterocycles. The highest BCUT2D eigenvalue weighted by Gasteiger charge is 2.04. The molecule has 1 aromatic heterocycles. The number of nitrogens with zero attached hydrogens (tertiary/aromatic N) is 3. The number of hydrogen-bond acceptors (Lipinski definition) is 4. The molecule has 86 valence electrons. The molecule has 1 rings (SSSR count). The van der Waals surface area contributed by atoms with E-state index in [0.717, 1.165) is 24.7 Å². The molecule has 0 N–H and O–H groups in total. The summed E-state index contributed by atoms with van der Waals surface area (Å²) in [4.78, 5) is 6.37. The molecule has 0 radical (unpaired) electrons. The zero-order valence-corrected chi connectivity index (χ0v) is 10.0. The summed E-state index contributed by atoms with van der Waals surface area (Å²) in [6.45, 7) is 6.03. The molecule has 0 aromatic carbocycles. The summed E-state index contributed by atoms with van der Waals surface area (Å²) in [6, 6.07) is 5.70. The largest absolute Gasteiger partial charge is 0.380 e. The van der Waals surface area contributed by atoms with Crippen molar-refractivity contribution >= 4 is 5.82 Å². The van der Waals surface area contributed by atoms with Crippen molar-refractivity contribution in [3.63, 3.8) is 0 Å². The first-order chi connectivity index (χ1) is 7.67. The number of likely N-dealkylation sites (N-methyl/N-ethyl adjacent to an activating group) is 1. The normalized spacial score (nSPS) is 9.88. The average molecular weight is 219 g/mol. The summed E-state index contributed by atoms with van der Waals surface area (Å²) in [6.07, 6.45) is 0. The molecule has 0 saturated carbocycles. The SMILES string of the molecule is CCOCCN(C)c1cc(C#N)cc(C)n1. The molecule has 0 saturated heterocycles. The second-order valence-corrected chi connectivity index (χ2v) is 3.59. The zero-order valence-electron chi connectivity index (χ0n) is 10.0. The van der Waals surface area contributed by atoms with Gasteiger partial charge in [0.05, 0.1) is 18.2 Å². The molecule has 0 spiro atoms. The van der Waals surface area contributed by atoms with Crippen LogP contribution in [0.4, 0.5) is 5.82 Å². The summed E-state index contributed by atoms with van der Waals surface area (Å²) in [5, 5.41) is 8.86. The molecule has 0 aliphatic heterocycles. The van der Waals surface area contributed by atoms with E-state index in [1.165, 1.54) is 0 Å². The summed E-state index contributed by atoms with van der Waals surface area (Å²) in [7, 11) is 1.95. The lowest BCUT2D eigenvalue weighted by molar-refractivity contribution is 0.154.